The zero-order chi connectivity index (χ0) is 23.6. The van der Waals surface area contributed by atoms with Gasteiger partial charge >= 0.3 is 0 Å². The minimum atomic E-state index is -0.460. The van der Waals surface area contributed by atoms with E-state index in [9.17, 15) is 4.39 Å². The van der Waals surface area contributed by atoms with Crippen LogP contribution < -0.4 is 10.5 Å². The van der Waals surface area contributed by atoms with Crippen molar-refractivity contribution >= 4 is 5.82 Å². The smallest absolute Gasteiger partial charge is 0.166 e. The van der Waals surface area contributed by atoms with Crippen LogP contribution in [0.2, 0.25) is 0 Å². The average molecular weight is 459 g/mol. The van der Waals surface area contributed by atoms with Crippen molar-refractivity contribution in [3.05, 3.63) is 64.9 Å². The number of anilines is 1. The molecule has 4 heterocycles. The maximum absolute atomic E-state index is 14.4. The molecule has 4 aromatic rings. The number of aryl methyl sites for hydroxylation is 3. The molecule has 2 bridgehead atoms. The van der Waals surface area contributed by atoms with Crippen LogP contribution in [0.25, 0.3) is 22.5 Å². The first-order valence-electron chi connectivity index (χ1n) is 11.8. The first-order chi connectivity index (χ1) is 16.4. The maximum atomic E-state index is 14.4. The summed E-state index contributed by atoms with van der Waals surface area (Å²) >= 11 is 0. The van der Waals surface area contributed by atoms with Gasteiger partial charge in [-0.05, 0) is 50.5 Å². The van der Waals surface area contributed by atoms with E-state index in [2.05, 4.69) is 22.8 Å². The van der Waals surface area contributed by atoms with Crippen molar-refractivity contribution in [2.75, 3.05) is 5.73 Å². The zero-order valence-corrected chi connectivity index (χ0v) is 19.5. The minimum Gasteiger partial charge on any atom is -0.482 e. The van der Waals surface area contributed by atoms with Crippen LogP contribution in [0.4, 0.5) is 10.2 Å². The molecular formula is C26H27FN6O. The van der Waals surface area contributed by atoms with E-state index in [0.29, 0.717) is 11.6 Å². The van der Waals surface area contributed by atoms with Crippen LogP contribution >= 0.6 is 0 Å². The first-order valence-corrected chi connectivity index (χ1v) is 11.8. The molecule has 1 aliphatic carbocycles. The Hall–Kier alpha value is -3.68. The first kappa shape index (κ1) is 20.9. The Kier molecular flexibility index (Phi) is 4.72. The van der Waals surface area contributed by atoms with Gasteiger partial charge in [0.15, 0.2) is 11.6 Å². The highest BCUT2D eigenvalue weighted by molar-refractivity contribution is 5.74. The van der Waals surface area contributed by atoms with Crippen molar-refractivity contribution in [3.63, 3.8) is 0 Å². The number of nitrogen functional groups attached to an aromatic ring is 1. The molecule has 3 aromatic heterocycles. The third-order valence-corrected chi connectivity index (χ3v) is 6.92. The van der Waals surface area contributed by atoms with Gasteiger partial charge in [-0.2, -0.15) is 10.2 Å². The fourth-order valence-corrected chi connectivity index (χ4v) is 5.48. The Labute approximate surface area is 197 Å². The van der Waals surface area contributed by atoms with Crippen molar-refractivity contribution < 1.29 is 9.13 Å². The summed E-state index contributed by atoms with van der Waals surface area (Å²) in [5.74, 6) is 0.604. The molecule has 2 aliphatic rings. The summed E-state index contributed by atoms with van der Waals surface area (Å²) in [6.07, 6.45) is 6.25. The summed E-state index contributed by atoms with van der Waals surface area (Å²) < 4.78 is 24.6. The minimum absolute atomic E-state index is 0.133. The monoisotopic (exact) mass is 458 g/mol. The number of hydrogen-bond donors (Lipinski definition) is 1. The van der Waals surface area contributed by atoms with Crippen LogP contribution in [0.1, 0.15) is 61.1 Å². The number of hydrogen-bond acceptors (Lipinski definition) is 5. The molecule has 0 spiro atoms. The molecule has 0 fully saturated rings. The van der Waals surface area contributed by atoms with Gasteiger partial charge in [0, 0.05) is 59.7 Å². The third-order valence-electron chi connectivity index (χ3n) is 6.92. The normalized spacial score (nSPS) is 18.4. The summed E-state index contributed by atoms with van der Waals surface area (Å²) in [4.78, 5) is 4.46. The van der Waals surface area contributed by atoms with Gasteiger partial charge < -0.3 is 10.5 Å². The van der Waals surface area contributed by atoms with Gasteiger partial charge in [-0.25, -0.2) is 9.37 Å². The van der Waals surface area contributed by atoms with Gasteiger partial charge in [-0.1, -0.05) is 6.92 Å². The van der Waals surface area contributed by atoms with Crippen molar-refractivity contribution in [2.24, 2.45) is 7.05 Å². The number of benzene rings is 1. The quantitative estimate of drug-likeness (QED) is 0.457. The molecule has 8 heteroatoms. The van der Waals surface area contributed by atoms with E-state index in [0.717, 1.165) is 65.1 Å². The van der Waals surface area contributed by atoms with Crippen molar-refractivity contribution in [2.45, 2.75) is 51.7 Å². The lowest BCUT2D eigenvalue weighted by atomic mass is 9.88. The lowest BCUT2D eigenvalue weighted by Gasteiger charge is -2.22. The van der Waals surface area contributed by atoms with E-state index < -0.39 is 6.10 Å². The second-order valence-corrected chi connectivity index (χ2v) is 9.23. The van der Waals surface area contributed by atoms with Crippen LogP contribution in [0.15, 0.2) is 36.7 Å². The van der Waals surface area contributed by atoms with Crippen LogP contribution in [0.5, 0.6) is 5.75 Å². The zero-order valence-electron chi connectivity index (χ0n) is 19.5. The molecule has 1 aromatic carbocycles. The van der Waals surface area contributed by atoms with Gasteiger partial charge in [0.2, 0.25) is 0 Å². The molecule has 1 unspecified atom stereocenters. The van der Waals surface area contributed by atoms with E-state index in [1.165, 1.54) is 17.7 Å². The van der Waals surface area contributed by atoms with Gasteiger partial charge in [0.25, 0.3) is 0 Å². The lowest BCUT2D eigenvalue weighted by Crippen LogP contribution is -2.11. The standard InChI is InChI=1S/C26H27FN6O/c1-4-9-33-25-15-10-22(26(28)29-12-15)34-14(2)19-11-16(27)5-6-18(19)24-20(13-32(3)31-24)17-7-8-21(30-33)23(17)25/h5-6,10-14,17H,4,7-9H2,1-3H3,(H2,28,29)/t14-,17?/m1/s1. The van der Waals surface area contributed by atoms with E-state index in [-0.39, 0.29) is 11.7 Å². The second kappa shape index (κ2) is 7.68. The molecule has 7 nitrogen and oxygen atoms in total. The third kappa shape index (κ3) is 3.12. The summed E-state index contributed by atoms with van der Waals surface area (Å²) in [5, 5.41) is 9.84. The number of ether oxygens (including phenoxy) is 1. The van der Waals surface area contributed by atoms with Gasteiger partial charge in [0.1, 0.15) is 11.9 Å². The van der Waals surface area contributed by atoms with E-state index in [4.69, 9.17) is 20.7 Å². The fraction of sp³-hybridized carbons (Fsp3) is 0.346. The fourth-order valence-electron chi connectivity index (χ4n) is 5.48. The molecule has 0 radical (unpaired) electrons. The molecule has 2 atom stereocenters. The summed E-state index contributed by atoms with van der Waals surface area (Å²) in [5.41, 5.74) is 14.1. The highest BCUT2D eigenvalue weighted by Gasteiger charge is 2.36. The lowest BCUT2D eigenvalue weighted by molar-refractivity contribution is 0.227. The average Bonchev–Trinajstić information content (AvgIpc) is 3.48. The highest BCUT2D eigenvalue weighted by Crippen LogP contribution is 2.48. The number of fused-ring (bicyclic) bond motifs is 7. The largest absolute Gasteiger partial charge is 0.482 e. The highest BCUT2D eigenvalue weighted by atomic mass is 19.1. The summed E-state index contributed by atoms with van der Waals surface area (Å²) in [6, 6.07) is 6.76. The molecule has 0 saturated carbocycles. The van der Waals surface area contributed by atoms with Crippen LogP contribution in [-0.2, 0) is 20.0 Å². The van der Waals surface area contributed by atoms with Gasteiger partial charge in [-0.3, -0.25) is 9.36 Å². The predicted molar refractivity (Wildman–Crippen MR) is 128 cm³/mol. The summed E-state index contributed by atoms with van der Waals surface area (Å²) in [6.45, 7) is 4.87. The molecule has 34 heavy (non-hydrogen) atoms. The molecular weight excluding hydrogens is 431 g/mol. The van der Waals surface area contributed by atoms with Crippen molar-refractivity contribution in [3.8, 4) is 28.3 Å². The van der Waals surface area contributed by atoms with Crippen molar-refractivity contribution in [1.29, 1.82) is 0 Å². The van der Waals surface area contributed by atoms with Crippen molar-refractivity contribution in [1.82, 2.24) is 24.5 Å². The number of rotatable bonds is 2. The Bertz CT molecular complexity index is 1420. The Morgan fingerprint density at radius 3 is 2.88 bits per heavy atom. The maximum Gasteiger partial charge on any atom is 0.166 e. The van der Waals surface area contributed by atoms with Gasteiger partial charge in [-0.15, -0.1) is 0 Å². The number of pyridine rings is 1. The topological polar surface area (TPSA) is 83.8 Å². The van der Waals surface area contributed by atoms with E-state index in [1.54, 1.807) is 12.3 Å². The number of nitrogens with zero attached hydrogens (tertiary/aromatic N) is 5. The molecule has 0 amide bonds. The Morgan fingerprint density at radius 2 is 2.06 bits per heavy atom. The Balaban J connectivity index is 1.69. The molecule has 2 N–H and O–H groups in total. The summed E-state index contributed by atoms with van der Waals surface area (Å²) in [7, 11) is 1.93. The SMILES string of the molecule is CCCn1nc2c3c1-c1cnc(N)c(c1)O[C@H](C)c1cc(F)ccc1-c1nn(C)cc1C3CC2. The predicted octanol–water partition coefficient (Wildman–Crippen LogP) is 5.01. The van der Waals surface area contributed by atoms with E-state index in [1.807, 2.05) is 24.7 Å². The molecule has 1 aliphatic heterocycles. The molecule has 174 valence electrons. The molecule has 0 saturated heterocycles. The van der Waals surface area contributed by atoms with Crippen LogP contribution in [0.3, 0.4) is 0 Å². The molecule has 6 rings (SSSR count). The number of nitrogens with two attached hydrogens (primary N) is 1. The number of aromatic nitrogens is 5. The van der Waals surface area contributed by atoms with Gasteiger partial charge in [0.05, 0.1) is 17.1 Å². The second-order valence-electron chi connectivity index (χ2n) is 9.23. The Morgan fingerprint density at radius 1 is 1.21 bits per heavy atom. The van der Waals surface area contributed by atoms with E-state index >= 15 is 0 Å². The van der Waals surface area contributed by atoms with Crippen LogP contribution in [0, 0.1) is 5.82 Å². The van der Waals surface area contributed by atoms with Crippen LogP contribution in [-0.4, -0.2) is 24.5 Å². The number of halogens is 1.